The van der Waals surface area contributed by atoms with Gasteiger partial charge in [0.05, 0.1) is 13.7 Å². The molecule has 0 heterocycles. The molecule has 1 aromatic carbocycles. The zero-order chi connectivity index (χ0) is 21.5. The van der Waals surface area contributed by atoms with Crippen LogP contribution in [0, 0.1) is 0 Å². The summed E-state index contributed by atoms with van der Waals surface area (Å²) in [4.78, 5) is 11.2. The molecular weight excluding hydrogens is 388 g/mol. The average Bonchev–Trinajstić information content (AvgIpc) is 2.72. The molecule has 0 saturated carbocycles. The van der Waals surface area contributed by atoms with Crippen LogP contribution in [0.15, 0.2) is 30.3 Å². The molecule has 0 aliphatic heterocycles. The normalized spacial score (nSPS) is 12.9. The van der Waals surface area contributed by atoms with Crippen LogP contribution in [-0.2, 0) is 22.8 Å². The first-order valence-electron chi connectivity index (χ1n) is 10.5. The summed E-state index contributed by atoms with van der Waals surface area (Å²) >= 11 is 0. The summed E-state index contributed by atoms with van der Waals surface area (Å²) in [5.41, 5.74) is 1.11. The molecule has 0 aliphatic rings. The highest BCUT2D eigenvalue weighted by Crippen LogP contribution is 2.33. The van der Waals surface area contributed by atoms with E-state index >= 15 is 0 Å². The second-order valence-electron chi connectivity index (χ2n) is 6.45. The summed E-state index contributed by atoms with van der Waals surface area (Å²) in [5.74, 6) is 0.407. The van der Waals surface area contributed by atoms with Crippen molar-refractivity contribution in [2.45, 2.75) is 52.5 Å². The lowest BCUT2D eigenvalue weighted by Gasteiger charge is -2.35. The topological polar surface area (TPSA) is 63.2 Å². The summed E-state index contributed by atoms with van der Waals surface area (Å²) in [6.45, 7) is 10.4. The van der Waals surface area contributed by atoms with Crippen molar-refractivity contribution < 1.29 is 27.5 Å². The lowest BCUT2D eigenvalue weighted by Crippen LogP contribution is -2.50. The predicted octanol–water partition coefficient (Wildman–Crippen LogP) is 4.86. The van der Waals surface area contributed by atoms with E-state index in [1.807, 2.05) is 45.0 Å². The summed E-state index contributed by atoms with van der Waals surface area (Å²) in [7, 11) is -1.39. The number of rotatable bonds is 15. The number of hydrogen-bond donors (Lipinski definition) is 0. The van der Waals surface area contributed by atoms with Gasteiger partial charge in [-0.05, 0) is 57.4 Å². The van der Waals surface area contributed by atoms with Crippen molar-refractivity contribution in [2.75, 3.05) is 33.5 Å². The third-order valence-corrected chi connectivity index (χ3v) is 8.05. The van der Waals surface area contributed by atoms with E-state index in [0.717, 1.165) is 30.6 Å². The molecule has 7 heteroatoms. The highest BCUT2D eigenvalue weighted by Gasteiger charge is 2.48. The quantitative estimate of drug-likeness (QED) is 0.228. The Morgan fingerprint density at radius 2 is 1.55 bits per heavy atom. The van der Waals surface area contributed by atoms with E-state index < -0.39 is 8.80 Å². The molecule has 1 aromatic rings. The first-order valence-corrected chi connectivity index (χ1v) is 12.3. The summed E-state index contributed by atoms with van der Waals surface area (Å²) in [6.07, 6.45) is 5.93. The van der Waals surface area contributed by atoms with Gasteiger partial charge in [-0.25, -0.2) is 4.79 Å². The van der Waals surface area contributed by atoms with Gasteiger partial charge in [-0.3, -0.25) is 0 Å². The van der Waals surface area contributed by atoms with Gasteiger partial charge in [-0.1, -0.05) is 25.5 Å². The molecular formula is C22H36O6Si. The van der Waals surface area contributed by atoms with E-state index in [0.29, 0.717) is 26.4 Å². The summed E-state index contributed by atoms with van der Waals surface area (Å²) in [5, 5.41) is 0. The molecule has 0 fully saturated rings. The third kappa shape index (κ3) is 8.70. The second kappa shape index (κ2) is 14.3. The Morgan fingerprint density at radius 3 is 2.03 bits per heavy atom. The van der Waals surface area contributed by atoms with E-state index in [1.54, 1.807) is 6.08 Å². The number of esters is 1. The van der Waals surface area contributed by atoms with Crippen molar-refractivity contribution in [1.82, 2.24) is 0 Å². The highest BCUT2D eigenvalue weighted by molar-refractivity contribution is 6.62. The SMILES string of the molecule is CCCC(CCOc1ccc(C=CC(=O)OC)cc1)[Si](OCC)(OCC)OCC. The molecule has 29 heavy (non-hydrogen) atoms. The Kier molecular flexibility index (Phi) is 12.5. The lowest BCUT2D eigenvalue weighted by atomic mass is 10.2. The van der Waals surface area contributed by atoms with Crippen molar-refractivity contribution in [2.24, 2.45) is 0 Å². The van der Waals surface area contributed by atoms with Gasteiger partial charge in [0.25, 0.3) is 0 Å². The summed E-state index contributed by atoms with van der Waals surface area (Å²) < 4.78 is 28.8. The maximum absolute atomic E-state index is 11.2. The second-order valence-corrected chi connectivity index (χ2v) is 9.34. The van der Waals surface area contributed by atoms with Crippen LogP contribution in [-0.4, -0.2) is 48.3 Å². The Labute approximate surface area is 176 Å². The standard InChI is InChI=1S/C22H36O6Si/c1-6-10-21(29(26-7-2,27-8-3)28-9-4)17-18-25-20-14-11-19(12-15-20)13-16-22(23)24-5/h11-16,21H,6-10,17-18H2,1-5H3. The number of ether oxygens (including phenoxy) is 2. The van der Waals surface area contributed by atoms with Crippen molar-refractivity contribution in [1.29, 1.82) is 0 Å². The molecule has 1 rings (SSSR count). The van der Waals surface area contributed by atoms with Crippen molar-refractivity contribution in [3.05, 3.63) is 35.9 Å². The van der Waals surface area contributed by atoms with Crippen LogP contribution in [0.5, 0.6) is 5.75 Å². The van der Waals surface area contributed by atoms with Crippen LogP contribution in [0.3, 0.4) is 0 Å². The third-order valence-electron chi connectivity index (χ3n) is 4.40. The Hall–Kier alpha value is -1.67. The smallest absolute Gasteiger partial charge is 0.494 e. The minimum atomic E-state index is -2.75. The van der Waals surface area contributed by atoms with Crippen molar-refractivity contribution in [3.63, 3.8) is 0 Å². The van der Waals surface area contributed by atoms with Gasteiger partial charge in [-0.2, -0.15) is 0 Å². The van der Waals surface area contributed by atoms with Crippen LogP contribution in [0.4, 0.5) is 0 Å². The Bertz CT molecular complexity index is 585. The van der Waals surface area contributed by atoms with E-state index in [1.165, 1.54) is 13.2 Å². The van der Waals surface area contributed by atoms with E-state index in [2.05, 4.69) is 11.7 Å². The molecule has 0 radical (unpaired) electrons. The maximum atomic E-state index is 11.2. The van der Waals surface area contributed by atoms with Crippen LogP contribution in [0.25, 0.3) is 6.08 Å². The van der Waals surface area contributed by atoms with Gasteiger partial charge >= 0.3 is 14.8 Å². The van der Waals surface area contributed by atoms with E-state index in [9.17, 15) is 4.79 Å². The van der Waals surface area contributed by atoms with Gasteiger partial charge in [0.15, 0.2) is 0 Å². The van der Waals surface area contributed by atoms with Gasteiger partial charge in [-0.15, -0.1) is 0 Å². The van der Waals surface area contributed by atoms with Crippen LogP contribution >= 0.6 is 0 Å². The van der Waals surface area contributed by atoms with Crippen LogP contribution in [0.1, 0.15) is 52.5 Å². The van der Waals surface area contributed by atoms with Crippen molar-refractivity contribution >= 4 is 20.8 Å². The first-order chi connectivity index (χ1) is 14.0. The number of carbonyl (C=O) groups is 1. The van der Waals surface area contributed by atoms with Gasteiger partial charge in [0.2, 0.25) is 0 Å². The molecule has 0 N–H and O–H groups in total. The fraction of sp³-hybridized carbons (Fsp3) is 0.591. The van der Waals surface area contributed by atoms with E-state index in [-0.39, 0.29) is 11.5 Å². The average molecular weight is 425 g/mol. The number of methoxy groups -OCH3 is 1. The molecule has 0 bridgehead atoms. The van der Waals surface area contributed by atoms with Crippen LogP contribution < -0.4 is 4.74 Å². The first kappa shape index (κ1) is 25.4. The molecule has 164 valence electrons. The molecule has 1 unspecified atom stereocenters. The van der Waals surface area contributed by atoms with Crippen LogP contribution in [0.2, 0.25) is 5.54 Å². The fourth-order valence-electron chi connectivity index (χ4n) is 3.15. The highest BCUT2D eigenvalue weighted by atomic mass is 28.4. The molecule has 6 nitrogen and oxygen atoms in total. The van der Waals surface area contributed by atoms with E-state index in [4.69, 9.17) is 18.0 Å². The van der Waals surface area contributed by atoms with Crippen molar-refractivity contribution in [3.8, 4) is 5.75 Å². The maximum Gasteiger partial charge on any atom is 0.504 e. The minimum Gasteiger partial charge on any atom is -0.494 e. The molecule has 0 aromatic heterocycles. The molecule has 0 saturated heterocycles. The number of benzene rings is 1. The van der Waals surface area contributed by atoms with Gasteiger partial charge in [0, 0.05) is 31.4 Å². The van der Waals surface area contributed by atoms with Gasteiger partial charge in [0.1, 0.15) is 5.75 Å². The molecule has 0 spiro atoms. The molecule has 0 aliphatic carbocycles. The number of carbonyl (C=O) groups excluding carboxylic acids is 1. The monoisotopic (exact) mass is 424 g/mol. The zero-order valence-electron chi connectivity index (χ0n) is 18.4. The lowest BCUT2D eigenvalue weighted by molar-refractivity contribution is -0.134. The summed E-state index contributed by atoms with van der Waals surface area (Å²) in [6, 6.07) is 7.59. The zero-order valence-corrected chi connectivity index (χ0v) is 19.4. The predicted molar refractivity (Wildman–Crippen MR) is 117 cm³/mol. The Balaban J connectivity index is 2.73. The van der Waals surface area contributed by atoms with Gasteiger partial charge < -0.3 is 22.8 Å². The number of hydrogen-bond acceptors (Lipinski definition) is 6. The largest absolute Gasteiger partial charge is 0.504 e. The molecule has 0 amide bonds. The minimum absolute atomic E-state index is 0.203. The fourth-order valence-corrected chi connectivity index (χ4v) is 6.43. The Morgan fingerprint density at radius 1 is 0.966 bits per heavy atom. The molecule has 1 atom stereocenters.